The average Bonchev–Trinajstić information content (AvgIpc) is 3.14. The molecule has 1 saturated carbocycles. The predicted molar refractivity (Wildman–Crippen MR) is 108 cm³/mol. The van der Waals surface area contributed by atoms with Gasteiger partial charge in [-0.05, 0) is 51.2 Å². The molecule has 31 heavy (non-hydrogen) atoms. The summed E-state index contributed by atoms with van der Waals surface area (Å²) in [7, 11) is 1.84. The number of anilines is 2. The Bertz CT molecular complexity index is 980. The number of aromatic nitrogens is 3. The SMILES string of the molecule is Cc1nc(C[C@H]2CC[C@H](Oc3ccc(C(F)(F)F)nc3)C2)nc2c1NC(=O)[C@@H](C)N2C. The summed E-state index contributed by atoms with van der Waals surface area (Å²) in [6.45, 7) is 3.68. The van der Waals surface area contributed by atoms with Gasteiger partial charge in [0.15, 0.2) is 5.82 Å². The van der Waals surface area contributed by atoms with Crippen LogP contribution >= 0.6 is 0 Å². The number of fused-ring (bicyclic) bond motifs is 1. The Kier molecular flexibility index (Phi) is 5.49. The van der Waals surface area contributed by atoms with Crippen molar-refractivity contribution in [3.63, 3.8) is 0 Å². The molecule has 0 bridgehead atoms. The van der Waals surface area contributed by atoms with Crippen molar-refractivity contribution in [3.05, 3.63) is 35.5 Å². The molecule has 1 aliphatic heterocycles. The molecular formula is C21H24F3N5O2. The molecule has 10 heteroatoms. The number of nitrogens with one attached hydrogen (secondary N) is 1. The van der Waals surface area contributed by atoms with Crippen LogP contribution in [0.5, 0.6) is 5.75 Å². The summed E-state index contributed by atoms with van der Waals surface area (Å²) in [6, 6.07) is 1.93. The second-order valence-electron chi connectivity index (χ2n) is 8.20. The van der Waals surface area contributed by atoms with E-state index < -0.39 is 11.9 Å². The second-order valence-corrected chi connectivity index (χ2v) is 8.20. The van der Waals surface area contributed by atoms with Crippen molar-refractivity contribution in [2.75, 3.05) is 17.3 Å². The van der Waals surface area contributed by atoms with Crippen LogP contribution in [0.2, 0.25) is 0 Å². The van der Waals surface area contributed by atoms with E-state index in [2.05, 4.69) is 20.3 Å². The lowest BCUT2D eigenvalue weighted by Gasteiger charge is -2.32. The Balaban J connectivity index is 1.40. The molecule has 1 N–H and O–H groups in total. The molecule has 1 amide bonds. The van der Waals surface area contributed by atoms with E-state index in [9.17, 15) is 18.0 Å². The lowest BCUT2D eigenvalue weighted by Crippen LogP contribution is -2.45. The number of nitrogens with zero attached hydrogens (tertiary/aromatic N) is 4. The molecule has 166 valence electrons. The van der Waals surface area contributed by atoms with E-state index in [4.69, 9.17) is 4.74 Å². The van der Waals surface area contributed by atoms with Crippen LogP contribution in [0.25, 0.3) is 0 Å². The van der Waals surface area contributed by atoms with Gasteiger partial charge in [-0.3, -0.25) is 4.79 Å². The van der Waals surface area contributed by atoms with Crippen molar-refractivity contribution in [1.82, 2.24) is 15.0 Å². The summed E-state index contributed by atoms with van der Waals surface area (Å²) in [4.78, 5) is 26.6. The number of ether oxygens (including phenoxy) is 1. The van der Waals surface area contributed by atoms with Gasteiger partial charge in [-0.25, -0.2) is 15.0 Å². The number of aryl methyl sites for hydroxylation is 1. The Labute approximate surface area is 178 Å². The van der Waals surface area contributed by atoms with Gasteiger partial charge in [-0.2, -0.15) is 13.2 Å². The van der Waals surface area contributed by atoms with Gasteiger partial charge < -0.3 is 15.0 Å². The molecule has 0 spiro atoms. The third-order valence-corrected chi connectivity index (χ3v) is 5.95. The Hall–Kier alpha value is -2.91. The van der Waals surface area contributed by atoms with E-state index in [-0.39, 0.29) is 18.1 Å². The van der Waals surface area contributed by atoms with Crippen molar-refractivity contribution in [2.45, 2.75) is 57.9 Å². The van der Waals surface area contributed by atoms with Crippen LogP contribution in [0.3, 0.4) is 0 Å². The molecule has 0 saturated heterocycles. The number of halogens is 3. The van der Waals surface area contributed by atoms with Crippen molar-refractivity contribution in [1.29, 1.82) is 0 Å². The summed E-state index contributed by atoms with van der Waals surface area (Å²) in [5.74, 6) is 2.00. The highest BCUT2D eigenvalue weighted by Gasteiger charge is 2.33. The number of alkyl halides is 3. The number of likely N-dealkylation sites (N-methyl/N-ethyl adjacent to an activating group) is 1. The molecular weight excluding hydrogens is 411 g/mol. The molecule has 0 unspecified atom stereocenters. The van der Waals surface area contributed by atoms with Gasteiger partial charge in [0.05, 0.1) is 18.0 Å². The quantitative estimate of drug-likeness (QED) is 0.788. The van der Waals surface area contributed by atoms with Gasteiger partial charge in [0, 0.05) is 13.5 Å². The van der Waals surface area contributed by atoms with Crippen LogP contribution in [0.1, 0.15) is 43.4 Å². The number of amides is 1. The van der Waals surface area contributed by atoms with E-state index in [1.807, 2.05) is 25.8 Å². The molecule has 1 fully saturated rings. The Morgan fingerprint density at radius 1 is 1.26 bits per heavy atom. The number of carbonyl (C=O) groups is 1. The van der Waals surface area contributed by atoms with Crippen molar-refractivity contribution in [3.8, 4) is 5.75 Å². The summed E-state index contributed by atoms with van der Waals surface area (Å²) in [5, 5.41) is 2.87. The van der Waals surface area contributed by atoms with Gasteiger partial charge in [0.2, 0.25) is 5.91 Å². The van der Waals surface area contributed by atoms with Crippen LogP contribution in [-0.2, 0) is 17.4 Å². The van der Waals surface area contributed by atoms with E-state index in [0.717, 1.165) is 43.0 Å². The van der Waals surface area contributed by atoms with Crippen LogP contribution in [0, 0.1) is 12.8 Å². The third kappa shape index (κ3) is 4.42. The minimum absolute atomic E-state index is 0.0794. The second kappa shape index (κ2) is 7.97. The minimum atomic E-state index is -4.46. The molecule has 2 aromatic rings. The van der Waals surface area contributed by atoms with E-state index in [1.165, 1.54) is 6.07 Å². The monoisotopic (exact) mass is 435 g/mol. The van der Waals surface area contributed by atoms with Gasteiger partial charge in [-0.15, -0.1) is 0 Å². The normalized spacial score (nSPS) is 23.5. The fourth-order valence-corrected chi connectivity index (χ4v) is 4.08. The molecule has 3 heterocycles. The molecule has 0 radical (unpaired) electrons. The smallest absolute Gasteiger partial charge is 0.433 e. The highest BCUT2D eigenvalue weighted by molar-refractivity contribution is 6.02. The number of rotatable bonds is 4. The molecule has 4 rings (SSSR count). The standard InChI is InChI=1S/C21H24F3N5O2/c1-11-18-19(29(3)12(2)20(30)28-18)27-17(26-11)9-13-4-5-14(8-13)31-15-6-7-16(25-10-15)21(22,23)24/h6-7,10,12-14H,4-5,8-9H2,1-3H3,(H,28,30)/t12-,13+,14+/m1/s1. The fraction of sp³-hybridized carbons (Fsp3) is 0.524. The Morgan fingerprint density at radius 2 is 2.03 bits per heavy atom. The zero-order valence-corrected chi connectivity index (χ0v) is 17.5. The summed E-state index contributed by atoms with van der Waals surface area (Å²) in [5.41, 5.74) is 0.449. The molecule has 0 aromatic carbocycles. The largest absolute Gasteiger partial charge is 0.489 e. The molecule has 2 aliphatic rings. The zero-order chi connectivity index (χ0) is 22.3. The highest BCUT2D eigenvalue weighted by atomic mass is 19.4. The maximum atomic E-state index is 12.6. The minimum Gasteiger partial charge on any atom is -0.489 e. The molecule has 7 nitrogen and oxygen atoms in total. The average molecular weight is 435 g/mol. The van der Waals surface area contributed by atoms with Crippen molar-refractivity contribution >= 4 is 17.4 Å². The highest BCUT2D eigenvalue weighted by Crippen LogP contribution is 2.35. The molecule has 3 atom stereocenters. The number of hydrogen-bond donors (Lipinski definition) is 1. The number of pyridine rings is 1. The first-order valence-electron chi connectivity index (χ1n) is 10.2. The number of carbonyl (C=O) groups excluding carboxylic acids is 1. The maximum Gasteiger partial charge on any atom is 0.433 e. The summed E-state index contributed by atoms with van der Waals surface area (Å²) < 4.78 is 43.8. The van der Waals surface area contributed by atoms with Crippen LogP contribution in [0.15, 0.2) is 18.3 Å². The first kappa shape index (κ1) is 21.3. The molecule has 1 aliphatic carbocycles. The lowest BCUT2D eigenvalue weighted by molar-refractivity contribution is -0.141. The topological polar surface area (TPSA) is 80.2 Å². The summed E-state index contributed by atoms with van der Waals surface area (Å²) >= 11 is 0. The van der Waals surface area contributed by atoms with Crippen molar-refractivity contribution in [2.24, 2.45) is 5.92 Å². The van der Waals surface area contributed by atoms with Crippen LogP contribution in [-0.4, -0.2) is 40.1 Å². The van der Waals surface area contributed by atoms with E-state index in [1.54, 1.807) is 0 Å². The van der Waals surface area contributed by atoms with Crippen LogP contribution < -0.4 is 15.0 Å². The first-order chi connectivity index (χ1) is 14.6. The third-order valence-electron chi connectivity index (χ3n) is 5.95. The summed E-state index contributed by atoms with van der Waals surface area (Å²) in [6.07, 6.45) is -0.247. The number of hydrogen-bond acceptors (Lipinski definition) is 6. The van der Waals surface area contributed by atoms with Gasteiger partial charge in [0.1, 0.15) is 29.0 Å². The van der Waals surface area contributed by atoms with Crippen molar-refractivity contribution < 1.29 is 22.7 Å². The molecule has 2 aromatic heterocycles. The first-order valence-corrected chi connectivity index (χ1v) is 10.2. The van der Waals surface area contributed by atoms with Gasteiger partial charge in [0.25, 0.3) is 0 Å². The van der Waals surface area contributed by atoms with Gasteiger partial charge >= 0.3 is 6.18 Å². The van der Waals surface area contributed by atoms with Gasteiger partial charge in [-0.1, -0.05) is 0 Å². The van der Waals surface area contributed by atoms with Crippen LogP contribution in [0.4, 0.5) is 24.7 Å². The predicted octanol–water partition coefficient (Wildman–Crippen LogP) is 3.77. The fourth-order valence-electron chi connectivity index (χ4n) is 4.08. The lowest BCUT2D eigenvalue weighted by atomic mass is 10.0. The van der Waals surface area contributed by atoms with E-state index in [0.29, 0.717) is 29.6 Å². The van der Waals surface area contributed by atoms with E-state index >= 15 is 0 Å². The maximum absolute atomic E-state index is 12.6. The zero-order valence-electron chi connectivity index (χ0n) is 17.5. The Morgan fingerprint density at radius 3 is 2.71 bits per heavy atom.